The van der Waals surface area contributed by atoms with E-state index < -0.39 is 0 Å². The molecule has 1 amide bonds. The topological polar surface area (TPSA) is 57.1 Å². The van der Waals surface area contributed by atoms with Gasteiger partial charge in [-0.3, -0.25) is 4.79 Å². The lowest BCUT2D eigenvalue weighted by molar-refractivity contribution is -0.117. The molecule has 3 rings (SSSR count). The molecule has 0 aromatic heterocycles. The Kier molecular flexibility index (Phi) is 2.26. The summed E-state index contributed by atoms with van der Waals surface area (Å²) in [6, 6.07) is 7.72. The molecule has 0 fully saturated rings. The largest absolute Gasteiger partial charge is 0.271 e. The van der Waals surface area contributed by atoms with Gasteiger partial charge in [0.15, 0.2) is 5.84 Å². The SMILES string of the molecule is CCC1=Nc2ccccc2C2=NC(=O)CNN12. The minimum absolute atomic E-state index is 0.150. The van der Waals surface area contributed by atoms with Crippen molar-refractivity contribution < 1.29 is 4.79 Å². The second-order valence-corrected chi connectivity index (χ2v) is 3.90. The van der Waals surface area contributed by atoms with Crippen LogP contribution in [0.4, 0.5) is 5.69 Å². The van der Waals surface area contributed by atoms with Crippen LogP contribution in [0.5, 0.6) is 0 Å². The molecule has 0 atom stereocenters. The van der Waals surface area contributed by atoms with Gasteiger partial charge < -0.3 is 0 Å². The van der Waals surface area contributed by atoms with Crippen LogP contribution in [0.2, 0.25) is 0 Å². The maximum atomic E-state index is 11.4. The summed E-state index contributed by atoms with van der Waals surface area (Å²) in [6.45, 7) is 2.26. The van der Waals surface area contributed by atoms with Crippen LogP contribution in [-0.4, -0.2) is 29.1 Å². The van der Waals surface area contributed by atoms with Crippen LogP contribution in [0.1, 0.15) is 18.9 Å². The average molecular weight is 228 g/mol. The summed E-state index contributed by atoms with van der Waals surface area (Å²) >= 11 is 0. The van der Waals surface area contributed by atoms with Crippen molar-refractivity contribution in [2.24, 2.45) is 9.98 Å². The number of fused-ring (bicyclic) bond motifs is 3. The van der Waals surface area contributed by atoms with E-state index in [4.69, 9.17) is 0 Å². The van der Waals surface area contributed by atoms with Crippen molar-refractivity contribution in [2.45, 2.75) is 13.3 Å². The minimum atomic E-state index is -0.150. The summed E-state index contributed by atoms with van der Waals surface area (Å²) in [7, 11) is 0. The Morgan fingerprint density at radius 2 is 2.18 bits per heavy atom. The summed E-state index contributed by atoms with van der Waals surface area (Å²) in [6.07, 6.45) is 0.786. The van der Waals surface area contributed by atoms with Gasteiger partial charge in [-0.1, -0.05) is 19.1 Å². The number of carbonyl (C=O) groups is 1. The quantitative estimate of drug-likeness (QED) is 0.786. The molecular weight excluding hydrogens is 216 g/mol. The van der Waals surface area contributed by atoms with Gasteiger partial charge >= 0.3 is 0 Å². The molecule has 2 aliphatic heterocycles. The molecule has 0 aliphatic carbocycles. The van der Waals surface area contributed by atoms with E-state index in [2.05, 4.69) is 15.4 Å². The second kappa shape index (κ2) is 3.78. The number of amidine groups is 2. The summed E-state index contributed by atoms with van der Waals surface area (Å²) in [4.78, 5) is 20.1. The summed E-state index contributed by atoms with van der Waals surface area (Å²) in [5.41, 5.74) is 4.80. The first kappa shape index (κ1) is 10.2. The normalized spacial score (nSPS) is 18.2. The van der Waals surface area contributed by atoms with E-state index in [-0.39, 0.29) is 12.5 Å². The molecule has 0 unspecified atom stereocenters. The number of amides is 1. The molecule has 1 N–H and O–H groups in total. The van der Waals surface area contributed by atoms with Crippen LogP contribution >= 0.6 is 0 Å². The van der Waals surface area contributed by atoms with Crippen LogP contribution in [0, 0.1) is 0 Å². The third kappa shape index (κ3) is 1.55. The molecule has 1 aromatic carbocycles. The first-order valence-corrected chi connectivity index (χ1v) is 5.61. The smallest absolute Gasteiger partial charge is 0.263 e. The predicted molar refractivity (Wildman–Crippen MR) is 65.2 cm³/mol. The van der Waals surface area contributed by atoms with Crippen LogP contribution in [0.25, 0.3) is 0 Å². The first-order valence-electron chi connectivity index (χ1n) is 5.61. The molecule has 0 saturated heterocycles. The zero-order valence-electron chi connectivity index (χ0n) is 9.47. The fraction of sp³-hybridized carbons (Fsp3) is 0.250. The van der Waals surface area contributed by atoms with Crippen molar-refractivity contribution in [2.75, 3.05) is 6.54 Å². The number of nitrogens with one attached hydrogen (secondary N) is 1. The van der Waals surface area contributed by atoms with Crippen LogP contribution < -0.4 is 5.43 Å². The Labute approximate surface area is 98.8 Å². The third-order valence-corrected chi connectivity index (χ3v) is 2.80. The number of benzene rings is 1. The fourth-order valence-corrected chi connectivity index (χ4v) is 2.01. The summed E-state index contributed by atoms with van der Waals surface area (Å²) in [5.74, 6) is 1.39. The highest BCUT2D eigenvalue weighted by molar-refractivity contribution is 6.18. The van der Waals surface area contributed by atoms with E-state index in [1.807, 2.05) is 36.2 Å². The summed E-state index contributed by atoms with van der Waals surface area (Å²) in [5, 5.41) is 1.81. The molecule has 2 heterocycles. The highest BCUT2D eigenvalue weighted by Crippen LogP contribution is 2.27. The van der Waals surface area contributed by atoms with Crippen molar-refractivity contribution in [1.29, 1.82) is 0 Å². The van der Waals surface area contributed by atoms with Crippen molar-refractivity contribution in [3.8, 4) is 0 Å². The molecule has 5 heteroatoms. The van der Waals surface area contributed by atoms with Gasteiger partial charge in [-0.25, -0.2) is 15.4 Å². The van der Waals surface area contributed by atoms with Gasteiger partial charge in [0.25, 0.3) is 5.91 Å². The fourth-order valence-electron chi connectivity index (χ4n) is 2.01. The number of carbonyl (C=O) groups excluding carboxylic acids is 1. The van der Waals surface area contributed by atoms with Gasteiger partial charge in [0.1, 0.15) is 5.84 Å². The van der Waals surface area contributed by atoms with E-state index in [0.29, 0.717) is 5.84 Å². The van der Waals surface area contributed by atoms with Crippen LogP contribution in [0.15, 0.2) is 34.3 Å². The molecule has 17 heavy (non-hydrogen) atoms. The lowest BCUT2D eigenvalue weighted by atomic mass is 10.1. The molecule has 0 radical (unpaired) electrons. The minimum Gasteiger partial charge on any atom is -0.271 e. The van der Waals surface area contributed by atoms with E-state index in [1.54, 1.807) is 0 Å². The predicted octanol–water partition coefficient (Wildman–Crippen LogP) is 1.23. The monoisotopic (exact) mass is 228 g/mol. The standard InChI is InChI=1S/C12H12N4O/c1-2-10-14-9-6-4-3-5-8(9)12-15-11(17)7-13-16(10)12/h3-6,13H,2,7H2,1H3. The zero-order valence-corrected chi connectivity index (χ0v) is 9.47. The zero-order chi connectivity index (χ0) is 11.8. The average Bonchev–Trinajstić information content (AvgIpc) is 2.37. The Morgan fingerprint density at radius 1 is 1.35 bits per heavy atom. The maximum absolute atomic E-state index is 11.4. The van der Waals surface area contributed by atoms with Crippen molar-refractivity contribution >= 4 is 23.3 Å². The second-order valence-electron chi connectivity index (χ2n) is 3.90. The third-order valence-electron chi connectivity index (χ3n) is 2.80. The number of nitrogens with zero attached hydrogens (tertiary/aromatic N) is 3. The molecule has 0 bridgehead atoms. The number of hydrogen-bond acceptors (Lipinski definition) is 4. The van der Waals surface area contributed by atoms with E-state index >= 15 is 0 Å². The van der Waals surface area contributed by atoms with Crippen LogP contribution in [-0.2, 0) is 4.79 Å². The van der Waals surface area contributed by atoms with Gasteiger partial charge in [-0.15, -0.1) is 0 Å². The number of hydrazine groups is 1. The Balaban J connectivity index is 2.21. The van der Waals surface area contributed by atoms with Crippen molar-refractivity contribution in [1.82, 2.24) is 10.4 Å². The molecule has 0 saturated carbocycles. The molecule has 2 aliphatic rings. The number of rotatable bonds is 1. The Hall–Kier alpha value is -2.01. The van der Waals surface area contributed by atoms with Gasteiger partial charge in [-0.2, -0.15) is 4.99 Å². The van der Waals surface area contributed by atoms with E-state index in [9.17, 15) is 4.79 Å². The lowest BCUT2D eigenvalue weighted by Crippen LogP contribution is -2.53. The van der Waals surface area contributed by atoms with Crippen molar-refractivity contribution in [3.63, 3.8) is 0 Å². The molecule has 0 spiro atoms. The lowest BCUT2D eigenvalue weighted by Gasteiger charge is -2.33. The Morgan fingerprint density at radius 3 is 3.00 bits per heavy atom. The number of aliphatic imine (C=N–C) groups is 2. The highest BCUT2D eigenvalue weighted by atomic mass is 16.2. The molecular formula is C12H12N4O. The first-order chi connectivity index (χ1) is 8.29. The van der Waals surface area contributed by atoms with Gasteiger partial charge in [0.05, 0.1) is 12.2 Å². The van der Waals surface area contributed by atoms with Gasteiger partial charge in [0.2, 0.25) is 0 Å². The molecule has 86 valence electrons. The van der Waals surface area contributed by atoms with E-state index in [1.165, 1.54) is 0 Å². The number of para-hydroxylation sites is 1. The van der Waals surface area contributed by atoms with E-state index in [0.717, 1.165) is 23.5 Å². The highest BCUT2D eigenvalue weighted by Gasteiger charge is 2.29. The number of hydrogen-bond donors (Lipinski definition) is 1. The van der Waals surface area contributed by atoms with Crippen LogP contribution in [0.3, 0.4) is 0 Å². The van der Waals surface area contributed by atoms with Gasteiger partial charge in [-0.05, 0) is 12.1 Å². The maximum Gasteiger partial charge on any atom is 0.263 e. The molecule has 5 nitrogen and oxygen atoms in total. The molecule has 1 aromatic rings. The van der Waals surface area contributed by atoms with Gasteiger partial charge in [0, 0.05) is 12.0 Å². The van der Waals surface area contributed by atoms with Crippen molar-refractivity contribution in [3.05, 3.63) is 29.8 Å². The summed E-state index contributed by atoms with van der Waals surface area (Å²) < 4.78 is 0. The Bertz CT molecular complexity index is 547.